The summed E-state index contributed by atoms with van der Waals surface area (Å²) in [6.45, 7) is 15.9. The smallest absolute Gasteiger partial charge is 0.0376 e. The zero-order valence-electron chi connectivity index (χ0n) is 11.9. The summed E-state index contributed by atoms with van der Waals surface area (Å²) >= 11 is 2.52. The summed E-state index contributed by atoms with van der Waals surface area (Å²) in [6, 6.07) is 0. The fourth-order valence-corrected chi connectivity index (χ4v) is 2.03. The Balaban J connectivity index is 4.98. The SMILES string of the molecule is CC/C(=C\C=C(/C)C(C)(C)CC)C(C)(C)I. The maximum Gasteiger partial charge on any atom is 0.0376 e. The minimum absolute atomic E-state index is 0.264. The maximum atomic E-state index is 2.52. The first-order chi connectivity index (χ1) is 7.15. The van der Waals surface area contributed by atoms with Crippen molar-refractivity contribution in [1.29, 1.82) is 0 Å². The second kappa shape index (κ2) is 6.23. The van der Waals surface area contributed by atoms with Crippen molar-refractivity contribution in [3.8, 4) is 0 Å². The molecule has 0 amide bonds. The van der Waals surface area contributed by atoms with Crippen LogP contribution in [0.25, 0.3) is 0 Å². The average Bonchev–Trinajstić information content (AvgIpc) is 2.16. The van der Waals surface area contributed by atoms with Gasteiger partial charge in [-0.25, -0.2) is 0 Å². The van der Waals surface area contributed by atoms with Crippen molar-refractivity contribution in [1.82, 2.24) is 0 Å². The van der Waals surface area contributed by atoms with Crippen LogP contribution in [0.5, 0.6) is 0 Å². The van der Waals surface area contributed by atoms with Crippen molar-refractivity contribution in [2.75, 3.05) is 0 Å². The Hall–Kier alpha value is 0.210. The lowest BCUT2D eigenvalue weighted by molar-refractivity contribution is 0.429. The van der Waals surface area contributed by atoms with E-state index in [2.05, 4.69) is 83.2 Å². The van der Waals surface area contributed by atoms with Gasteiger partial charge < -0.3 is 0 Å². The van der Waals surface area contributed by atoms with Gasteiger partial charge in [-0.1, -0.05) is 73.6 Å². The van der Waals surface area contributed by atoms with Crippen molar-refractivity contribution in [3.05, 3.63) is 23.3 Å². The molecule has 0 aromatic carbocycles. The summed E-state index contributed by atoms with van der Waals surface area (Å²) in [5, 5.41) is 0. The molecule has 0 aliphatic carbocycles. The second-order valence-electron chi connectivity index (χ2n) is 5.61. The summed E-state index contributed by atoms with van der Waals surface area (Å²) in [5.41, 5.74) is 3.31. The number of hydrogen-bond donors (Lipinski definition) is 0. The van der Waals surface area contributed by atoms with Gasteiger partial charge in [0.2, 0.25) is 0 Å². The van der Waals surface area contributed by atoms with Crippen molar-refractivity contribution in [2.24, 2.45) is 5.41 Å². The van der Waals surface area contributed by atoms with Crippen LogP contribution in [-0.4, -0.2) is 3.42 Å². The fraction of sp³-hybridized carbons (Fsp3) is 0.733. The fourth-order valence-electron chi connectivity index (χ4n) is 1.47. The molecule has 0 nitrogen and oxygen atoms in total. The Bertz CT molecular complexity index is 274. The topological polar surface area (TPSA) is 0 Å². The first-order valence-electron chi connectivity index (χ1n) is 6.22. The predicted molar refractivity (Wildman–Crippen MR) is 84.3 cm³/mol. The van der Waals surface area contributed by atoms with Crippen LogP contribution in [0.3, 0.4) is 0 Å². The van der Waals surface area contributed by atoms with E-state index in [9.17, 15) is 0 Å². The summed E-state index contributed by atoms with van der Waals surface area (Å²) < 4.78 is 0.264. The lowest BCUT2D eigenvalue weighted by Crippen LogP contribution is -2.13. The third-order valence-electron chi connectivity index (χ3n) is 3.63. The highest BCUT2D eigenvalue weighted by Gasteiger charge is 2.18. The van der Waals surface area contributed by atoms with Gasteiger partial charge in [0, 0.05) is 3.42 Å². The van der Waals surface area contributed by atoms with Crippen LogP contribution in [0.4, 0.5) is 0 Å². The van der Waals surface area contributed by atoms with Crippen LogP contribution in [0.15, 0.2) is 23.3 Å². The van der Waals surface area contributed by atoms with Gasteiger partial charge in [-0.05, 0) is 39.0 Å². The monoisotopic (exact) mass is 334 g/mol. The molecule has 0 spiro atoms. The van der Waals surface area contributed by atoms with Crippen LogP contribution in [-0.2, 0) is 0 Å². The average molecular weight is 334 g/mol. The molecule has 0 heterocycles. The molecular formula is C15H27I. The molecule has 0 saturated heterocycles. The van der Waals surface area contributed by atoms with E-state index in [0.29, 0.717) is 5.41 Å². The van der Waals surface area contributed by atoms with Crippen LogP contribution >= 0.6 is 22.6 Å². The summed E-state index contributed by atoms with van der Waals surface area (Å²) in [6.07, 6.45) is 6.95. The molecule has 1 heteroatoms. The third kappa shape index (κ3) is 5.03. The molecule has 0 aliphatic rings. The number of hydrogen-bond acceptors (Lipinski definition) is 0. The molecular weight excluding hydrogens is 307 g/mol. The lowest BCUT2D eigenvalue weighted by Gasteiger charge is -2.24. The van der Waals surface area contributed by atoms with Crippen LogP contribution in [0, 0.1) is 5.41 Å². The van der Waals surface area contributed by atoms with E-state index in [-0.39, 0.29) is 3.42 Å². The Morgan fingerprint density at radius 3 is 1.88 bits per heavy atom. The molecule has 94 valence electrons. The largest absolute Gasteiger partial charge is 0.0746 e. The molecule has 16 heavy (non-hydrogen) atoms. The van der Waals surface area contributed by atoms with Gasteiger partial charge in [-0.15, -0.1) is 0 Å². The molecule has 0 radical (unpaired) electrons. The number of allylic oxidation sites excluding steroid dienone is 4. The van der Waals surface area contributed by atoms with Gasteiger partial charge >= 0.3 is 0 Å². The molecule has 0 bridgehead atoms. The van der Waals surface area contributed by atoms with Crippen LogP contribution in [0.1, 0.15) is 61.3 Å². The first kappa shape index (κ1) is 16.2. The molecule has 0 fully saturated rings. The minimum atomic E-state index is 0.264. The quantitative estimate of drug-likeness (QED) is 0.333. The first-order valence-corrected chi connectivity index (χ1v) is 7.30. The standard InChI is InChI=1S/C15H27I/c1-8-13(15(6,7)16)11-10-12(3)14(4,5)9-2/h10-11H,8-9H2,1-7H3/b12-10+,13-11+. The normalized spacial score (nSPS) is 15.5. The molecule has 0 aromatic heterocycles. The maximum absolute atomic E-state index is 2.52. The molecule has 0 saturated carbocycles. The van der Waals surface area contributed by atoms with Gasteiger partial charge in [0.25, 0.3) is 0 Å². The highest BCUT2D eigenvalue weighted by atomic mass is 127. The Morgan fingerprint density at radius 2 is 1.56 bits per heavy atom. The summed E-state index contributed by atoms with van der Waals surface area (Å²) in [7, 11) is 0. The van der Waals surface area contributed by atoms with Crippen molar-refractivity contribution >= 4 is 22.6 Å². The predicted octanol–water partition coefficient (Wildman–Crippen LogP) is 5.92. The Labute approximate surface area is 116 Å². The van der Waals surface area contributed by atoms with Crippen molar-refractivity contribution < 1.29 is 0 Å². The Kier molecular flexibility index (Phi) is 6.31. The van der Waals surface area contributed by atoms with E-state index < -0.39 is 0 Å². The van der Waals surface area contributed by atoms with E-state index in [1.165, 1.54) is 17.6 Å². The third-order valence-corrected chi connectivity index (χ3v) is 4.32. The summed E-state index contributed by atoms with van der Waals surface area (Å²) in [5.74, 6) is 0. The zero-order valence-corrected chi connectivity index (χ0v) is 14.1. The van der Waals surface area contributed by atoms with E-state index in [1.807, 2.05) is 0 Å². The molecule has 0 aliphatic heterocycles. The highest BCUT2D eigenvalue weighted by Crippen LogP contribution is 2.32. The van der Waals surface area contributed by atoms with Gasteiger partial charge in [0.15, 0.2) is 0 Å². The van der Waals surface area contributed by atoms with Crippen molar-refractivity contribution in [3.63, 3.8) is 0 Å². The molecule has 0 atom stereocenters. The number of halogens is 1. The van der Waals surface area contributed by atoms with E-state index >= 15 is 0 Å². The minimum Gasteiger partial charge on any atom is -0.0746 e. The van der Waals surface area contributed by atoms with Gasteiger partial charge in [-0.3, -0.25) is 0 Å². The zero-order chi connectivity index (χ0) is 13.0. The van der Waals surface area contributed by atoms with Gasteiger partial charge in [0.1, 0.15) is 0 Å². The summed E-state index contributed by atoms with van der Waals surface area (Å²) in [4.78, 5) is 0. The van der Waals surface area contributed by atoms with Crippen molar-refractivity contribution in [2.45, 2.75) is 64.7 Å². The highest BCUT2D eigenvalue weighted by molar-refractivity contribution is 14.1. The van der Waals surface area contributed by atoms with E-state index in [4.69, 9.17) is 0 Å². The van der Waals surface area contributed by atoms with Crippen LogP contribution in [0.2, 0.25) is 0 Å². The van der Waals surface area contributed by atoms with E-state index in [0.717, 1.165) is 6.42 Å². The molecule has 0 rings (SSSR count). The molecule has 0 unspecified atom stereocenters. The Morgan fingerprint density at radius 1 is 1.06 bits per heavy atom. The van der Waals surface area contributed by atoms with Crippen LogP contribution < -0.4 is 0 Å². The van der Waals surface area contributed by atoms with Gasteiger partial charge in [0.05, 0.1) is 0 Å². The van der Waals surface area contributed by atoms with Gasteiger partial charge in [-0.2, -0.15) is 0 Å². The van der Waals surface area contributed by atoms with E-state index in [1.54, 1.807) is 0 Å². The number of alkyl halides is 1. The molecule has 0 aromatic rings. The second-order valence-corrected chi connectivity index (χ2v) is 8.30. The molecule has 0 N–H and O–H groups in total. The number of rotatable bonds is 5. The lowest BCUT2D eigenvalue weighted by atomic mass is 9.82.